The van der Waals surface area contributed by atoms with E-state index >= 15 is 0 Å². The molecule has 9 nitrogen and oxygen atoms in total. The van der Waals surface area contributed by atoms with E-state index in [1.54, 1.807) is 0 Å². The van der Waals surface area contributed by atoms with Crippen LogP contribution in [0.3, 0.4) is 0 Å². The van der Waals surface area contributed by atoms with Gasteiger partial charge in [0.25, 0.3) is 0 Å². The molecule has 2 atom stereocenters. The van der Waals surface area contributed by atoms with Gasteiger partial charge in [0.1, 0.15) is 0 Å². The summed E-state index contributed by atoms with van der Waals surface area (Å²) in [6, 6.07) is -1.77. The van der Waals surface area contributed by atoms with E-state index in [1.165, 1.54) is 4.90 Å². The van der Waals surface area contributed by atoms with Crippen LogP contribution in [0.25, 0.3) is 0 Å². The van der Waals surface area contributed by atoms with E-state index in [1.807, 2.05) is 0 Å². The first-order valence-corrected chi connectivity index (χ1v) is 7.11. The molecular weight excluding hydrogens is 290 g/mol. The first-order valence-electron chi connectivity index (χ1n) is 7.11. The van der Waals surface area contributed by atoms with Crippen LogP contribution in [0.4, 0.5) is 4.79 Å². The summed E-state index contributed by atoms with van der Waals surface area (Å²) >= 11 is 0. The van der Waals surface area contributed by atoms with Crippen LogP contribution in [-0.4, -0.2) is 64.5 Å². The number of imide groups is 1. The van der Waals surface area contributed by atoms with Crippen molar-refractivity contribution in [2.75, 3.05) is 19.6 Å². The lowest BCUT2D eigenvalue weighted by Crippen LogP contribution is -2.71. The Labute approximate surface area is 127 Å². The minimum Gasteiger partial charge on any atom is -0.480 e. The summed E-state index contributed by atoms with van der Waals surface area (Å²) < 4.78 is 0. The molecule has 2 heterocycles. The fourth-order valence-electron chi connectivity index (χ4n) is 2.72. The number of carboxylic acids is 1. The zero-order chi connectivity index (χ0) is 16.4. The van der Waals surface area contributed by atoms with Gasteiger partial charge in [-0.1, -0.05) is 6.58 Å². The number of carbonyl (C=O) groups is 3. The third kappa shape index (κ3) is 2.98. The van der Waals surface area contributed by atoms with Gasteiger partial charge in [-0.15, -0.1) is 0 Å². The van der Waals surface area contributed by atoms with Gasteiger partial charge in [0.05, 0.1) is 11.7 Å². The van der Waals surface area contributed by atoms with Crippen molar-refractivity contribution < 1.29 is 19.5 Å². The van der Waals surface area contributed by atoms with Crippen LogP contribution in [0.15, 0.2) is 12.4 Å². The number of likely N-dealkylation sites (tertiary alicyclic amines) is 2. The van der Waals surface area contributed by atoms with Gasteiger partial charge >= 0.3 is 12.0 Å². The number of aliphatic carboxylic acids is 1. The average Bonchev–Trinajstić information content (AvgIpc) is 2.39. The third-order valence-corrected chi connectivity index (χ3v) is 3.90. The van der Waals surface area contributed by atoms with Crippen molar-refractivity contribution in [3.8, 4) is 0 Å². The molecule has 0 aliphatic carbocycles. The number of rotatable bonds is 6. The summed E-state index contributed by atoms with van der Waals surface area (Å²) in [6.45, 7) is 4.68. The molecule has 0 saturated carbocycles. The van der Waals surface area contributed by atoms with E-state index < -0.39 is 29.9 Å². The van der Waals surface area contributed by atoms with Gasteiger partial charge in [0.2, 0.25) is 5.91 Å². The number of nitrogens with zero attached hydrogens (tertiary/aromatic N) is 2. The number of carboxylic acid groups (broad SMARTS) is 1. The maximum atomic E-state index is 12.1. The SMILES string of the molecule is C=C(N)NCCC[C@H]1C(=O)N(C(=O)N2CC(N)C2)C1C(=O)O. The molecule has 2 fully saturated rings. The molecule has 0 spiro atoms. The molecule has 6 N–H and O–H groups in total. The quantitative estimate of drug-likeness (QED) is 0.344. The van der Waals surface area contributed by atoms with Crippen molar-refractivity contribution in [1.82, 2.24) is 15.1 Å². The average molecular weight is 311 g/mol. The maximum absolute atomic E-state index is 12.1. The van der Waals surface area contributed by atoms with Crippen LogP contribution in [0.1, 0.15) is 12.8 Å². The molecule has 1 unspecified atom stereocenters. The lowest BCUT2D eigenvalue weighted by Gasteiger charge is -2.48. The highest BCUT2D eigenvalue weighted by Gasteiger charge is 2.55. The van der Waals surface area contributed by atoms with Crippen LogP contribution >= 0.6 is 0 Å². The van der Waals surface area contributed by atoms with Gasteiger partial charge < -0.3 is 26.8 Å². The lowest BCUT2D eigenvalue weighted by molar-refractivity contribution is -0.167. The Morgan fingerprint density at radius 2 is 2.05 bits per heavy atom. The highest BCUT2D eigenvalue weighted by Crippen LogP contribution is 2.32. The molecule has 3 amide bonds. The Morgan fingerprint density at radius 3 is 2.55 bits per heavy atom. The van der Waals surface area contributed by atoms with E-state index in [2.05, 4.69) is 11.9 Å². The molecule has 0 aromatic rings. The van der Waals surface area contributed by atoms with Crippen LogP contribution in [0.2, 0.25) is 0 Å². The summed E-state index contributed by atoms with van der Waals surface area (Å²) in [5.41, 5.74) is 10.9. The molecule has 122 valence electrons. The molecule has 0 aromatic carbocycles. The largest absolute Gasteiger partial charge is 0.480 e. The number of β-lactam (4-membered cyclic amide) rings is 1. The van der Waals surface area contributed by atoms with Crippen molar-refractivity contribution in [2.24, 2.45) is 17.4 Å². The highest BCUT2D eigenvalue weighted by atomic mass is 16.4. The molecule has 2 saturated heterocycles. The van der Waals surface area contributed by atoms with E-state index in [0.717, 1.165) is 4.90 Å². The molecule has 2 rings (SSSR count). The number of carbonyl (C=O) groups excluding carboxylic acids is 2. The Bertz CT molecular complexity index is 503. The zero-order valence-corrected chi connectivity index (χ0v) is 12.2. The minimum atomic E-state index is -1.17. The summed E-state index contributed by atoms with van der Waals surface area (Å²) in [6.07, 6.45) is 0.937. The summed E-state index contributed by atoms with van der Waals surface area (Å²) in [5, 5.41) is 12.1. The van der Waals surface area contributed by atoms with Gasteiger partial charge in [-0.25, -0.2) is 14.5 Å². The van der Waals surface area contributed by atoms with Crippen LogP contribution in [-0.2, 0) is 9.59 Å². The second-order valence-electron chi connectivity index (χ2n) is 5.64. The molecular formula is C13H21N5O4. The third-order valence-electron chi connectivity index (χ3n) is 3.90. The molecule has 0 bridgehead atoms. The second-order valence-corrected chi connectivity index (χ2v) is 5.64. The molecule has 9 heteroatoms. The zero-order valence-electron chi connectivity index (χ0n) is 12.2. The maximum Gasteiger partial charge on any atom is 0.327 e. The van der Waals surface area contributed by atoms with Crippen molar-refractivity contribution in [2.45, 2.75) is 24.9 Å². The van der Waals surface area contributed by atoms with Gasteiger partial charge in [0.15, 0.2) is 6.04 Å². The van der Waals surface area contributed by atoms with Crippen molar-refractivity contribution in [3.05, 3.63) is 12.4 Å². The van der Waals surface area contributed by atoms with Crippen LogP contribution in [0, 0.1) is 5.92 Å². The van der Waals surface area contributed by atoms with Gasteiger partial charge in [-0.05, 0) is 12.8 Å². The monoisotopic (exact) mass is 311 g/mol. The van der Waals surface area contributed by atoms with Gasteiger partial charge in [-0.3, -0.25) is 4.79 Å². The Hall–Kier alpha value is -2.29. The molecule has 0 radical (unpaired) electrons. The first kappa shape index (κ1) is 16.1. The lowest BCUT2D eigenvalue weighted by atomic mass is 9.83. The fraction of sp³-hybridized carbons (Fsp3) is 0.615. The van der Waals surface area contributed by atoms with Crippen molar-refractivity contribution in [1.29, 1.82) is 0 Å². The molecule has 22 heavy (non-hydrogen) atoms. The summed E-state index contributed by atoms with van der Waals surface area (Å²) in [5.74, 6) is -1.96. The first-order chi connectivity index (χ1) is 10.3. The van der Waals surface area contributed by atoms with Gasteiger partial charge in [0, 0.05) is 25.7 Å². The second kappa shape index (κ2) is 6.22. The van der Waals surface area contributed by atoms with Crippen LogP contribution in [0.5, 0.6) is 0 Å². The standard InChI is InChI=1S/C13H21N5O4/c1-7(14)16-4-2-3-9-10(12(20)21)18(11(9)19)13(22)17-5-8(15)6-17/h8-10,16H,1-6,14-15H2,(H,20,21)/t9-,10?/m1/s1. The summed E-state index contributed by atoms with van der Waals surface area (Å²) in [4.78, 5) is 37.8. The smallest absolute Gasteiger partial charge is 0.327 e. The molecule has 2 aliphatic rings. The Balaban J connectivity index is 1.90. The number of nitrogens with one attached hydrogen (secondary N) is 1. The minimum absolute atomic E-state index is 0.102. The summed E-state index contributed by atoms with van der Waals surface area (Å²) in [7, 11) is 0. The van der Waals surface area contributed by atoms with Crippen molar-refractivity contribution >= 4 is 17.9 Å². The van der Waals surface area contributed by atoms with E-state index in [-0.39, 0.29) is 6.04 Å². The van der Waals surface area contributed by atoms with Crippen molar-refractivity contribution in [3.63, 3.8) is 0 Å². The number of hydrogen-bond acceptors (Lipinski definition) is 6. The topological polar surface area (TPSA) is 142 Å². The molecule has 0 aromatic heterocycles. The Morgan fingerprint density at radius 1 is 1.41 bits per heavy atom. The number of nitrogens with two attached hydrogens (primary N) is 2. The van der Waals surface area contributed by atoms with E-state index in [0.29, 0.717) is 38.3 Å². The normalized spacial score (nSPS) is 24.5. The fourth-order valence-corrected chi connectivity index (χ4v) is 2.72. The predicted molar refractivity (Wildman–Crippen MR) is 77.3 cm³/mol. The number of hydrogen-bond donors (Lipinski definition) is 4. The van der Waals surface area contributed by atoms with E-state index in [4.69, 9.17) is 11.5 Å². The van der Waals surface area contributed by atoms with E-state index in [9.17, 15) is 19.5 Å². The number of urea groups is 1. The van der Waals surface area contributed by atoms with Gasteiger partial charge in [-0.2, -0.15) is 0 Å². The Kier molecular flexibility index (Phi) is 4.55. The predicted octanol–water partition coefficient (Wildman–Crippen LogP) is -1.54. The number of amides is 3. The van der Waals surface area contributed by atoms with Crippen LogP contribution < -0.4 is 16.8 Å². The molecule has 2 aliphatic heterocycles. The highest BCUT2D eigenvalue weighted by molar-refractivity contribution is 6.07.